The van der Waals surface area contributed by atoms with E-state index in [1.165, 1.54) is 19.1 Å². The van der Waals surface area contributed by atoms with Gasteiger partial charge in [0.25, 0.3) is 10.0 Å². The molecule has 0 saturated heterocycles. The Morgan fingerprint density at radius 2 is 1.87 bits per heavy atom. The van der Waals surface area contributed by atoms with Gasteiger partial charge in [0.1, 0.15) is 10.7 Å². The molecule has 0 heterocycles. The van der Waals surface area contributed by atoms with Crippen LogP contribution in [0, 0.1) is 12.7 Å². The lowest BCUT2D eigenvalue weighted by Crippen LogP contribution is -2.16. The minimum atomic E-state index is -4.12. The Kier molecular flexibility index (Phi) is 4.91. The summed E-state index contributed by atoms with van der Waals surface area (Å²) in [6.45, 7) is 3.03. The molecule has 0 unspecified atom stereocenters. The van der Waals surface area contributed by atoms with E-state index in [2.05, 4.69) is 10.0 Å². The summed E-state index contributed by atoms with van der Waals surface area (Å²) in [6, 6.07) is 8.05. The Hall–Kier alpha value is -2.12. The molecule has 2 aromatic rings. The SMILES string of the molecule is CC(=O)Nc1ccc(C)c(NS(=O)(=O)c2ccc(Cl)cc2F)c1. The van der Waals surface area contributed by atoms with Crippen LogP contribution in [0.5, 0.6) is 0 Å². The smallest absolute Gasteiger partial charge is 0.264 e. The maximum absolute atomic E-state index is 13.8. The molecule has 0 aliphatic rings. The zero-order valence-electron chi connectivity index (χ0n) is 12.4. The number of benzene rings is 2. The van der Waals surface area contributed by atoms with Crippen molar-refractivity contribution in [1.82, 2.24) is 0 Å². The van der Waals surface area contributed by atoms with Crippen molar-refractivity contribution in [1.29, 1.82) is 0 Å². The molecule has 0 spiro atoms. The standard InChI is InChI=1S/C15H14ClFN2O3S/c1-9-3-5-12(18-10(2)20)8-14(9)19-23(21,22)15-6-4-11(16)7-13(15)17/h3-8,19H,1-2H3,(H,18,20). The Morgan fingerprint density at radius 3 is 2.48 bits per heavy atom. The minimum absolute atomic E-state index is 0.102. The second-order valence-electron chi connectivity index (χ2n) is 4.89. The normalized spacial score (nSPS) is 11.1. The summed E-state index contributed by atoms with van der Waals surface area (Å²) >= 11 is 5.63. The van der Waals surface area contributed by atoms with Crippen molar-refractivity contribution >= 4 is 38.9 Å². The van der Waals surface area contributed by atoms with E-state index >= 15 is 0 Å². The first-order chi connectivity index (χ1) is 10.7. The maximum atomic E-state index is 13.8. The van der Waals surface area contributed by atoms with Gasteiger partial charge in [-0.25, -0.2) is 12.8 Å². The van der Waals surface area contributed by atoms with Crippen molar-refractivity contribution in [3.8, 4) is 0 Å². The first-order valence-electron chi connectivity index (χ1n) is 6.55. The van der Waals surface area contributed by atoms with Gasteiger partial charge in [-0.1, -0.05) is 17.7 Å². The minimum Gasteiger partial charge on any atom is -0.326 e. The first kappa shape index (κ1) is 17.2. The molecular weight excluding hydrogens is 343 g/mol. The molecule has 5 nitrogen and oxygen atoms in total. The largest absolute Gasteiger partial charge is 0.326 e. The van der Waals surface area contributed by atoms with Crippen LogP contribution in [-0.2, 0) is 14.8 Å². The highest BCUT2D eigenvalue weighted by Crippen LogP contribution is 2.25. The number of aryl methyl sites for hydroxylation is 1. The average molecular weight is 357 g/mol. The van der Waals surface area contributed by atoms with Crippen molar-refractivity contribution < 1.29 is 17.6 Å². The lowest BCUT2D eigenvalue weighted by Gasteiger charge is -2.13. The predicted molar refractivity (Wildman–Crippen MR) is 87.7 cm³/mol. The lowest BCUT2D eigenvalue weighted by atomic mass is 10.2. The van der Waals surface area contributed by atoms with E-state index < -0.39 is 20.7 Å². The van der Waals surface area contributed by atoms with Crippen LogP contribution >= 0.6 is 11.6 Å². The highest BCUT2D eigenvalue weighted by atomic mass is 35.5. The molecular formula is C15H14ClFN2O3S. The fourth-order valence-electron chi connectivity index (χ4n) is 1.91. The molecule has 0 fully saturated rings. The molecule has 0 aromatic heterocycles. The third kappa shape index (κ3) is 4.20. The number of anilines is 2. The van der Waals surface area contributed by atoms with Crippen molar-refractivity contribution in [2.24, 2.45) is 0 Å². The van der Waals surface area contributed by atoms with Crippen molar-refractivity contribution in [2.75, 3.05) is 10.0 Å². The van der Waals surface area contributed by atoms with Crippen LogP contribution in [0.3, 0.4) is 0 Å². The topological polar surface area (TPSA) is 75.3 Å². The van der Waals surface area contributed by atoms with Gasteiger partial charge < -0.3 is 5.32 Å². The fourth-order valence-corrected chi connectivity index (χ4v) is 3.25. The predicted octanol–water partition coefficient (Wildman–Crippen LogP) is 3.55. The van der Waals surface area contributed by atoms with Crippen molar-refractivity contribution in [3.63, 3.8) is 0 Å². The third-order valence-electron chi connectivity index (χ3n) is 2.99. The van der Waals surface area contributed by atoms with Gasteiger partial charge in [-0.2, -0.15) is 0 Å². The number of rotatable bonds is 4. The maximum Gasteiger partial charge on any atom is 0.264 e. The highest BCUT2D eigenvalue weighted by molar-refractivity contribution is 7.92. The number of sulfonamides is 1. The van der Waals surface area contributed by atoms with E-state index in [9.17, 15) is 17.6 Å². The fraction of sp³-hybridized carbons (Fsp3) is 0.133. The van der Waals surface area contributed by atoms with Crippen LogP contribution in [0.15, 0.2) is 41.3 Å². The van der Waals surface area contributed by atoms with E-state index in [0.29, 0.717) is 11.3 Å². The average Bonchev–Trinajstić information content (AvgIpc) is 2.41. The summed E-state index contributed by atoms with van der Waals surface area (Å²) in [5.74, 6) is -1.23. The zero-order valence-corrected chi connectivity index (χ0v) is 13.9. The van der Waals surface area contributed by atoms with E-state index in [1.54, 1.807) is 19.1 Å². The molecule has 0 radical (unpaired) electrons. The summed E-state index contributed by atoms with van der Waals surface area (Å²) in [5, 5.41) is 2.65. The Balaban J connectivity index is 2.38. The molecule has 2 aromatic carbocycles. The molecule has 2 rings (SSSR count). The number of amides is 1. The molecule has 1 amide bonds. The second kappa shape index (κ2) is 6.55. The number of carbonyl (C=O) groups is 1. The lowest BCUT2D eigenvalue weighted by molar-refractivity contribution is -0.114. The van der Waals surface area contributed by atoms with Crippen LogP contribution in [0.2, 0.25) is 5.02 Å². The van der Waals surface area contributed by atoms with Crippen LogP contribution < -0.4 is 10.0 Å². The third-order valence-corrected chi connectivity index (χ3v) is 4.62. The van der Waals surface area contributed by atoms with Gasteiger partial charge in [0.15, 0.2) is 0 Å². The number of hydrogen-bond acceptors (Lipinski definition) is 3. The van der Waals surface area contributed by atoms with Gasteiger partial charge in [-0.05, 0) is 42.8 Å². The second-order valence-corrected chi connectivity index (χ2v) is 6.98. The summed E-state index contributed by atoms with van der Waals surface area (Å²) in [7, 11) is -4.12. The summed E-state index contributed by atoms with van der Waals surface area (Å²) in [4.78, 5) is 10.6. The molecule has 0 aliphatic carbocycles. The van der Waals surface area contributed by atoms with Gasteiger partial charge in [0.2, 0.25) is 5.91 Å². The van der Waals surface area contributed by atoms with E-state index in [4.69, 9.17) is 11.6 Å². The number of hydrogen-bond donors (Lipinski definition) is 2. The highest BCUT2D eigenvalue weighted by Gasteiger charge is 2.20. The Labute approximate surface area is 138 Å². The molecule has 2 N–H and O–H groups in total. The van der Waals surface area contributed by atoms with Crippen LogP contribution in [0.1, 0.15) is 12.5 Å². The van der Waals surface area contributed by atoms with Gasteiger partial charge in [-0.15, -0.1) is 0 Å². The molecule has 8 heteroatoms. The molecule has 0 saturated carbocycles. The molecule has 0 aliphatic heterocycles. The number of halogens is 2. The van der Waals surface area contributed by atoms with Crippen molar-refractivity contribution in [2.45, 2.75) is 18.7 Å². The summed E-state index contributed by atoms with van der Waals surface area (Å²) < 4.78 is 40.8. The summed E-state index contributed by atoms with van der Waals surface area (Å²) in [5.41, 5.74) is 1.29. The van der Waals surface area contributed by atoms with Gasteiger partial charge in [0.05, 0.1) is 5.69 Å². The molecule has 0 atom stereocenters. The van der Waals surface area contributed by atoms with Gasteiger partial charge >= 0.3 is 0 Å². The van der Waals surface area contributed by atoms with Gasteiger partial charge in [0, 0.05) is 17.6 Å². The Bertz CT molecular complexity index is 869. The zero-order chi connectivity index (χ0) is 17.2. The summed E-state index contributed by atoms with van der Waals surface area (Å²) in [6.07, 6.45) is 0. The van der Waals surface area contributed by atoms with Crippen LogP contribution in [0.25, 0.3) is 0 Å². The monoisotopic (exact) mass is 356 g/mol. The van der Waals surface area contributed by atoms with Crippen LogP contribution in [0.4, 0.5) is 15.8 Å². The van der Waals surface area contributed by atoms with E-state index in [-0.39, 0.29) is 16.6 Å². The number of nitrogens with one attached hydrogen (secondary N) is 2. The van der Waals surface area contributed by atoms with E-state index in [1.807, 2.05) is 0 Å². The first-order valence-corrected chi connectivity index (χ1v) is 8.41. The van der Waals surface area contributed by atoms with E-state index in [0.717, 1.165) is 12.1 Å². The van der Waals surface area contributed by atoms with Crippen LogP contribution in [-0.4, -0.2) is 14.3 Å². The van der Waals surface area contributed by atoms with Crippen molar-refractivity contribution in [3.05, 3.63) is 52.8 Å². The molecule has 0 bridgehead atoms. The number of carbonyl (C=O) groups excluding carboxylic acids is 1. The molecule has 122 valence electrons. The van der Waals surface area contributed by atoms with Gasteiger partial charge in [-0.3, -0.25) is 9.52 Å². The molecule has 23 heavy (non-hydrogen) atoms. The quantitative estimate of drug-likeness (QED) is 0.879. The Morgan fingerprint density at radius 1 is 1.17 bits per heavy atom.